The molecule has 0 radical (unpaired) electrons. The van der Waals surface area contributed by atoms with Crippen molar-refractivity contribution in [2.45, 2.75) is 23.4 Å². The maximum Gasteiger partial charge on any atom is 1.00 e. The average molecular weight is 384 g/mol. The van der Waals surface area contributed by atoms with E-state index in [4.69, 9.17) is 29.0 Å². The van der Waals surface area contributed by atoms with Crippen molar-refractivity contribution in [1.29, 1.82) is 0 Å². The van der Waals surface area contributed by atoms with E-state index in [1.165, 1.54) is 18.5 Å². The van der Waals surface area contributed by atoms with Crippen LogP contribution in [0.25, 0.3) is 0 Å². The molecule has 1 aliphatic rings. The first-order valence-electron chi connectivity index (χ1n) is 7.33. The van der Waals surface area contributed by atoms with E-state index in [-0.39, 0.29) is 41.5 Å². The first-order chi connectivity index (χ1) is 11.6. The largest absolute Gasteiger partial charge is 1.00 e. The summed E-state index contributed by atoms with van der Waals surface area (Å²) in [6, 6.07) is 13.8. The van der Waals surface area contributed by atoms with Crippen molar-refractivity contribution in [3.8, 4) is 0 Å². The molecule has 0 amide bonds. The predicted molar refractivity (Wildman–Crippen MR) is 89.0 cm³/mol. The number of hydrogen-bond acceptors (Lipinski definition) is 4. The Labute approximate surface area is 177 Å². The average Bonchev–Trinajstić information content (AvgIpc) is 3.16. The van der Waals surface area contributed by atoms with Gasteiger partial charge < -0.3 is 17.4 Å². The van der Waals surface area contributed by atoms with E-state index >= 15 is 0 Å². The molecule has 8 heteroatoms. The molecule has 2 aromatic carbocycles. The second-order valence-corrected chi connectivity index (χ2v) is 6.39. The number of halogens is 2. The first kappa shape index (κ1) is 18.8. The monoisotopic (exact) mass is 383 g/mol. The Morgan fingerprint density at radius 3 is 2.56 bits per heavy atom. The third-order valence-corrected chi connectivity index (χ3v) is 4.84. The van der Waals surface area contributed by atoms with Crippen LogP contribution in [-0.4, -0.2) is 14.8 Å². The zero-order valence-electron chi connectivity index (χ0n) is 13.4. The quantitative estimate of drug-likeness (QED) is 0.377. The van der Waals surface area contributed by atoms with Crippen LogP contribution >= 0.6 is 11.6 Å². The van der Waals surface area contributed by atoms with Gasteiger partial charge in [0.25, 0.3) is 0 Å². The molecule has 1 saturated heterocycles. The molecule has 1 aromatic heterocycles. The second-order valence-electron chi connectivity index (χ2n) is 5.62. The number of hydrogen-bond donors (Lipinski definition) is 0. The zero-order chi connectivity index (χ0) is 16.7. The summed E-state index contributed by atoms with van der Waals surface area (Å²) in [5.74, 6) is -0.298. The van der Waals surface area contributed by atoms with Crippen LogP contribution in [0.15, 0.2) is 60.0 Å². The van der Waals surface area contributed by atoms with Crippen molar-refractivity contribution >= 4 is 24.2 Å². The van der Waals surface area contributed by atoms with Gasteiger partial charge in [-0.3, -0.25) is 4.68 Å². The summed E-state index contributed by atoms with van der Waals surface area (Å²) < 4.78 is 21.0. The van der Waals surface area contributed by atoms with Crippen LogP contribution in [0, 0.1) is 5.82 Å². The van der Waals surface area contributed by atoms with Crippen molar-refractivity contribution < 1.29 is 38.7 Å². The number of rotatable bonds is 4. The normalized spacial score (nSPS) is 21.6. The van der Waals surface area contributed by atoms with Crippen molar-refractivity contribution in [3.05, 3.63) is 76.8 Å². The molecule has 0 unspecified atom stereocenters. The van der Waals surface area contributed by atoms with E-state index in [0.717, 1.165) is 11.1 Å². The molecule has 122 valence electrons. The fourth-order valence-electron chi connectivity index (χ4n) is 2.93. The summed E-state index contributed by atoms with van der Waals surface area (Å²) in [6.07, 6.45) is 1.16. The SMILES string of the molecule is Fc1ccc([C@]2(Cn3ncnc3[S-])O[C@@H]2c2ccccc2Cl)cc1.[Na+]. The van der Waals surface area contributed by atoms with Gasteiger partial charge in [0.05, 0.1) is 6.54 Å². The number of ether oxygens (including phenoxy) is 1. The Bertz CT molecular complexity index is 892. The summed E-state index contributed by atoms with van der Waals surface area (Å²) in [6.45, 7) is 0.382. The first-order valence-corrected chi connectivity index (χ1v) is 8.12. The van der Waals surface area contributed by atoms with E-state index in [1.807, 2.05) is 24.3 Å². The predicted octanol–water partition coefficient (Wildman–Crippen LogP) is 0.647. The minimum Gasteiger partial charge on any atom is -0.740 e. The molecular weight excluding hydrogens is 372 g/mol. The van der Waals surface area contributed by atoms with E-state index in [2.05, 4.69) is 10.1 Å². The van der Waals surface area contributed by atoms with Crippen LogP contribution in [0.4, 0.5) is 4.39 Å². The van der Waals surface area contributed by atoms with E-state index in [9.17, 15) is 4.39 Å². The van der Waals surface area contributed by atoms with Gasteiger partial charge >= 0.3 is 29.6 Å². The molecule has 25 heavy (non-hydrogen) atoms. The minimum atomic E-state index is -0.694. The van der Waals surface area contributed by atoms with Crippen LogP contribution in [-0.2, 0) is 29.5 Å². The van der Waals surface area contributed by atoms with Gasteiger partial charge in [-0.2, -0.15) is 5.10 Å². The maximum atomic E-state index is 13.3. The van der Waals surface area contributed by atoms with Gasteiger partial charge in [-0.1, -0.05) is 41.9 Å². The Hall–Kier alpha value is -1.02. The Kier molecular flexibility index (Phi) is 5.48. The van der Waals surface area contributed by atoms with Gasteiger partial charge in [-0.15, -0.1) is 0 Å². The van der Waals surface area contributed by atoms with Gasteiger partial charge in [0.15, 0.2) is 0 Å². The third-order valence-electron chi connectivity index (χ3n) is 4.18. The number of aromatic nitrogens is 3. The van der Waals surface area contributed by atoms with Crippen LogP contribution < -0.4 is 29.6 Å². The van der Waals surface area contributed by atoms with E-state index < -0.39 is 5.60 Å². The fourth-order valence-corrected chi connectivity index (χ4v) is 3.32. The van der Waals surface area contributed by atoms with Crippen LogP contribution in [0.2, 0.25) is 5.02 Å². The smallest absolute Gasteiger partial charge is 0.740 e. The molecular formula is C17H12ClFN3NaOS. The van der Waals surface area contributed by atoms with Gasteiger partial charge in [0, 0.05) is 15.7 Å². The van der Waals surface area contributed by atoms with Gasteiger partial charge in [0.1, 0.15) is 23.8 Å². The van der Waals surface area contributed by atoms with Crippen LogP contribution in [0.5, 0.6) is 0 Å². The number of benzene rings is 2. The minimum absolute atomic E-state index is 0. The van der Waals surface area contributed by atoms with Gasteiger partial charge in [-0.25, -0.2) is 9.37 Å². The molecule has 0 saturated carbocycles. The van der Waals surface area contributed by atoms with Gasteiger partial charge in [-0.05, 0) is 23.8 Å². The molecule has 4 rings (SSSR count). The molecule has 3 aromatic rings. The second kappa shape index (κ2) is 7.31. The molecule has 0 N–H and O–H groups in total. The van der Waals surface area contributed by atoms with Gasteiger partial charge in [0.2, 0.25) is 0 Å². The molecule has 1 aliphatic heterocycles. The van der Waals surface area contributed by atoms with Crippen molar-refractivity contribution in [2.24, 2.45) is 0 Å². The molecule has 0 spiro atoms. The van der Waals surface area contributed by atoms with Crippen molar-refractivity contribution in [1.82, 2.24) is 14.8 Å². The molecule has 1 fully saturated rings. The number of epoxide rings is 1. The summed E-state index contributed by atoms with van der Waals surface area (Å²) in [4.78, 5) is 3.98. The Balaban J connectivity index is 0.00000182. The van der Waals surface area contributed by atoms with E-state index in [1.54, 1.807) is 16.8 Å². The topological polar surface area (TPSA) is 43.2 Å². The Morgan fingerprint density at radius 2 is 1.92 bits per heavy atom. The summed E-state index contributed by atoms with van der Waals surface area (Å²) in [5, 5.41) is 5.16. The van der Waals surface area contributed by atoms with Crippen molar-refractivity contribution in [3.63, 3.8) is 0 Å². The number of nitrogens with zero attached hydrogens (tertiary/aromatic N) is 3. The summed E-state index contributed by atoms with van der Waals surface area (Å²) in [5.41, 5.74) is 1.04. The fraction of sp³-hybridized carbons (Fsp3) is 0.176. The standard InChI is InChI=1S/C17H13ClFN3OS.Na/c18-14-4-2-1-3-13(14)15-17(23-15,9-22-16(24)20-10-21-22)11-5-7-12(19)8-6-11;/h1-8,10,15H,9H2,(H,20,21,24);/q;+1/p-1/t15-,17+;/m1./s1. The molecule has 2 atom stereocenters. The maximum absolute atomic E-state index is 13.3. The molecule has 0 aliphatic carbocycles. The molecule has 4 nitrogen and oxygen atoms in total. The Morgan fingerprint density at radius 1 is 1.20 bits per heavy atom. The molecule has 0 bridgehead atoms. The van der Waals surface area contributed by atoms with Crippen LogP contribution in [0.3, 0.4) is 0 Å². The van der Waals surface area contributed by atoms with Crippen LogP contribution in [0.1, 0.15) is 17.2 Å². The molecule has 2 heterocycles. The van der Waals surface area contributed by atoms with Crippen molar-refractivity contribution in [2.75, 3.05) is 0 Å². The zero-order valence-corrected chi connectivity index (χ0v) is 17.0. The summed E-state index contributed by atoms with van der Waals surface area (Å²) >= 11 is 11.5. The third kappa shape index (κ3) is 3.47. The van der Waals surface area contributed by atoms with E-state index in [0.29, 0.717) is 16.7 Å². The summed E-state index contributed by atoms with van der Waals surface area (Å²) in [7, 11) is 0.